The number of nitrogens with zero attached hydrogens (tertiary/aromatic N) is 1. The summed E-state index contributed by atoms with van der Waals surface area (Å²) >= 11 is 0. The van der Waals surface area contributed by atoms with E-state index >= 15 is 0 Å². The van der Waals surface area contributed by atoms with Gasteiger partial charge in [-0.3, -0.25) is 9.69 Å². The van der Waals surface area contributed by atoms with E-state index in [0.717, 1.165) is 12.2 Å². The van der Waals surface area contributed by atoms with E-state index in [0.29, 0.717) is 19.7 Å². The molecule has 0 bridgehead atoms. The van der Waals surface area contributed by atoms with Gasteiger partial charge in [0.1, 0.15) is 0 Å². The Morgan fingerprint density at radius 3 is 2.67 bits per heavy atom. The van der Waals surface area contributed by atoms with Gasteiger partial charge in [-0.1, -0.05) is 18.6 Å². The molecule has 0 spiro atoms. The fraction of sp³-hybridized carbons (Fsp3) is 0.588. The lowest BCUT2D eigenvalue weighted by atomic mass is 10.1. The Kier molecular flexibility index (Phi) is 13.0. The molecule has 1 aliphatic heterocycles. The average molecular weight is 378 g/mol. The lowest BCUT2D eigenvalue weighted by Gasteiger charge is -2.26. The normalized spacial score (nSPS) is 14.4. The fourth-order valence-corrected chi connectivity index (χ4v) is 2.70. The minimum atomic E-state index is -0.0220. The van der Waals surface area contributed by atoms with Gasteiger partial charge in [-0.05, 0) is 43.6 Å². The van der Waals surface area contributed by atoms with Crippen molar-refractivity contribution in [2.24, 2.45) is 0 Å². The third-order valence-electron chi connectivity index (χ3n) is 3.83. The predicted molar refractivity (Wildman–Crippen MR) is 103 cm³/mol. The number of rotatable bonds is 8. The molecular formula is C17H29Cl2N3O2. The largest absolute Gasteiger partial charge is 0.383 e. The van der Waals surface area contributed by atoms with Crippen LogP contribution in [-0.4, -0.2) is 50.7 Å². The molecule has 1 fully saturated rings. The van der Waals surface area contributed by atoms with Crippen molar-refractivity contribution in [3.05, 3.63) is 29.8 Å². The maximum Gasteiger partial charge on any atom is 0.238 e. The van der Waals surface area contributed by atoms with Crippen LogP contribution < -0.4 is 10.6 Å². The third-order valence-corrected chi connectivity index (χ3v) is 3.83. The van der Waals surface area contributed by atoms with Crippen molar-refractivity contribution in [2.75, 3.05) is 45.2 Å². The number of carbonyl (C=O) groups is 1. The van der Waals surface area contributed by atoms with Crippen LogP contribution in [-0.2, 0) is 16.1 Å². The molecule has 0 aliphatic carbocycles. The van der Waals surface area contributed by atoms with E-state index in [1.807, 2.05) is 12.1 Å². The molecule has 1 aromatic rings. The van der Waals surface area contributed by atoms with Gasteiger partial charge in [-0.2, -0.15) is 0 Å². The summed E-state index contributed by atoms with van der Waals surface area (Å²) in [6, 6.07) is 8.14. The number of anilines is 1. The van der Waals surface area contributed by atoms with Gasteiger partial charge in [0, 0.05) is 25.9 Å². The van der Waals surface area contributed by atoms with Gasteiger partial charge in [0.05, 0.1) is 13.2 Å². The second-order valence-corrected chi connectivity index (χ2v) is 5.75. The number of ether oxygens (including phenoxy) is 1. The van der Waals surface area contributed by atoms with Crippen molar-refractivity contribution in [1.82, 2.24) is 10.2 Å². The third kappa shape index (κ3) is 8.85. The molecule has 1 aliphatic rings. The highest BCUT2D eigenvalue weighted by Gasteiger charge is 2.10. The summed E-state index contributed by atoms with van der Waals surface area (Å²) in [5.41, 5.74) is 2.13. The summed E-state index contributed by atoms with van der Waals surface area (Å²) in [6.07, 6.45) is 3.94. The van der Waals surface area contributed by atoms with Crippen LogP contribution in [0.15, 0.2) is 24.3 Å². The SMILES string of the molecule is COCCNCC(=O)Nc1cccc(CN2CCCCC2)c1.Cl.Cl. The minimum Gasteiger partial charge on any atom is -0.383 e. The Balaban J connectivity index is 0.00000264. The van der Waals surface area contributed by atoms with Crippen molar-refractivity contribution in [2.45, 2.75) is 25.8 Å². The molecule has 1 aromatic carbocycles. The first-order valence-electron chi connectivity index (χ1n) is 8.09. The van der Waals surface area contributed by atoms with Gasteiger partial charge in [-0.15, -0.1) is 24.8 Å². The van der Waals surface area contributed by atoms with E-state index in [-0.39, 0.29) is 30.7 Å². The van der Waals surface area contributed by atoms with Gasteiger partial charge >= 0.3 is 0 Å². The lowest BCUT2D eigenvalue weighted by Crippen LogP contribution is -2.30. The molecule has 2 N–H and O–H groups in total. The number of halogens is 2. The first-order valence-corrected chi connectivity index (χ1v) is 8.09. The maximum absolute atomic E-state index is 11.9. The minimum absolute atomic E-state index is 0. The van der Waals surface area contributed by atoms with Crippen molar-refractivity contribution >= 4 is 36.4 Å². The Bertz CT molecular complexity index is 469. The number of hydrogen-bond donors (Lipinski definition) is 2. The predicted octanol–water partition coefficient (Wildman–Crippen LogP) is 2.69. The number of carbonyl (C=O) groups excluding carboxylic acids is 1. The molecule has 24 heavy (non-hydrogen) atoms. The second-order valence-electron chi connectivity index (χ2n) is 5.75. The summed E-state index contributed by atoms with van der Waals surface area (Å²) in [5, 5.41) is 5.98. The zero-order valence-electron chi connectivity index (χ0n) is 14.3. The Hall–Kier alpha value is -0.850. The summed E-state index contributed by atoms with van der Waals surface area (Å²) in [4.78, 5) is 14.3. The summed E-state index contributed by atoms with van der Waals surface area (Å²) < 4.78 is 4.93. The van der Waals surface area contributed by atoms with E-state index in [9.17, 15) is 4.79 Å². The average Bonchev–Trinajstić information content (AvgIpc) is 2.53. The number of nitrogens with one attached hydrogen (secondary N) is 2. The molecule has 0 unspecified atom stereocenters. The van der Waals surface area contributed by atoms with E-state index in [1.165, 1.54) is 37.9 Å². The van der Waals surface area contributed by atoms with Crippen LogP contribution in [0.5, 0.6) is 0 Å². The van der Waals surface area contributed by atoms with Crippen LogP contribution in [0.25, 0.3) is 0 Å². The van der Waals surface area contributed by atoms with Gasteiger partial charge in [0.2, 0.25) is 5.91 Å². The zero-order valence-corrected chi connectivity index (χ0v) is 15.9. The van der Waals surface area contributed by atoms with Crippen LogP contribution in [0.1, 0.15) is 24.8 Å². The second kappa shape index (κ2) is 13.4. The van der Waals surface area contributed by atoms with E-state index < -0.39 is 0 Å². The number of hydrogen-bond acceptors (Lipinski definition) is 4. The fourth-order valence-electron chi connectivity index (χ4n) is 2.70. The van der Waals surface area contributed by atoms with Crippen molar-refractivity contribution in [1.29, 1.82) is 0 Å². The zero-order chi connectivity index (χ0) is 15.6. The van der Waals surface area contributed by atoms with Gasteiger partial charge in [-0.25, -0.2) is 0 Å². The summed E-state index contributed by atoms with van der Waals surface area (Å²) in [7, 11) is 1.65. The first-order chi connectivity index (χ1) is 10.8. The van der Waals surface area contributed by atoms with E-state index in [2.05, 4.69) is 27.7 Å². The van der Waals surface area contributed by atoms with Crippen LogP contribution >= 0.6 is 24.8 Å². The molecule has 0 radical (unpaired) electrons. The summed E-state index contributed by atoms with van der Waals surface area (Å²) in [6.45, 7) is 4.92. The number of methoxy groups -OCH3 is 1. The van der Waals surface area contributed by atoms with Crippen molar-refractivity contribution in [3.63, 3.8) is 0 Å². The Morgan fingerprint density at radius 1 is 1.21 bits per heavy atom. The highest BCUT2D eigenvalue weighted by molar-refractivity contribution is 5.92. The quantitative estimate of drug-likeness (QED) is 0.683. The maximum atomic E-state index is 11.9. The first kappa shape index (κ1) is 23.1. The van der Waals surface area contributed by atoms with Crippen molar-refractivity contribution in [3.8, 4) is 0 Å². The molecule has 0 atom stereocenters. The number of amides is 1. The van der Waals surface area contributed by atoms with Gasteiger partial charge < -0.3 is 15.4 Å². The monoisotopic (exact) mass is 377 g/mol. The van der Waals surface area contributed by atoms with Gasteiger partial charge in [0.25, 0.3) is 0 Å². The molecule has 7 heteroatoms. The Labute approximate surface area is 157 Å². The number of likely N-dealkylation sites (tertiary alicyclic amines) is 1. The van der Waals surface area contributed by atoms with E-state index in [4.69, 9.17) is 4.74 Å². The number of benzene rings is 1. The standard InChI is InChI=1S/C17H27N3O2.2ClH/c1-22-11-8-18-13-17(21)19-16-7-5-6-15(12-16)14-20-9-3-2-4-10-20;;/h5-7,12,18H,2-4,8-11,13-14H2,1H3,(H,19,21);2*1H. The van der Waals surface area contributed by atoms with Crippen molar-refractivity contribution < 1.29 is 9.53 Å². The van der Waals surface area contributed by atoms with Crippen LogP contribution in [0.3, 0.4) is 0 Å². The lowest BCUT2D eigenvalue weighted by molar-refractivity contribution is -0.115. The van der Waals surface area contributed by atoms with Crippen LogP contribution in [0.2, 0.25) is 0 Å². The molecule has 1 saturated heterocycles. The molecular weight excluding hydrogens is 349 g/mol. The smallest absolute Gasteiger partial charge is 0.238 e. The number of piperidine rings is 1. The van der Waals surface area contributed by atoms with Crippen LogP contribution in [0.4, 0.5) is 5.69 Å². The van der Waals surface area contributed by atoms with Crippen LogP contribution in [0, 0.1) is 0 Å². The summed E-state index contributed by atoms with van der Waals surface area (Å²) in [5.74, 6) is -0.0220. The van der Waals surface area contributed by atoms with Gasteiger partial charge in [0.15, 0.2) is 0 Å². The highest BCUT2D eigenvalue weighted by atomic mass is 35.5. The molecule has 1 heterocycles. The Morgan fingerprint density at radius 2 is 1.96 bits per heavy atom. The molecule has 1 amide bonds. The molecule has 2 rings (SSSR count). The molecule has 5 nitrogen and oxygen atoms in total. The molecule has 0 aromatic heterocycles. The topological polar surface area (TPSA) is 53.6 Å². The molecule has 0 saturated carbocycles. The highest BCUT2D eigenvalue weighted by Crippen LogP contribution is 2.16. The molecule has 138 valence electrons. The van der Waals surface area contributed by atoms with E-state index in [1.54, 1.807) is 7.11 Å².